The molecule has 0 aliphatic rings. The van der Waals surface area contributed by atoms with Crippen LogP contribution in [0, 0.1) is 0 Å². The van der Waals surface area contributed by atoms with E-state index in [1.807, 2.05) is 64.3 Å². The summed E-state index contributed by atoms with van der Waals surface area (Å²) in [7, 11) is 1.87. The molecule has 0 atom stereocenters. The molecule has 2 N–H and O–H groups in total. The molecule has 10 heteroatoms. The number of aromatic nitrogens is 6. The third-order valence-corrected chi connectivity index (χ3v) is 5.52. The van der Waals surface area contributed by atoms with Gasteiger partial charge in [0.1, 0.15) is 5.76 Å². The zero-order valence-corrected chi connectivity index (χ0v) is 20.0. The van der Waals surface area contributed by atoms with E-state index in [-0.39, 0.29) is 17.7 Å². The van der Waals surface area contributed by atoms with Crippen molar-refractivity contribution in [1.29, 1.82) is 0 Å². The largest absolute Gasteiger partial charge is 0.359 e. The molecule has 0 spiro atoms. The second kappa shape index (κ2) is 8.71. The van der Waals surface area contributed by atoms with Crippen LogP contribution in [-0.4, -0.2) is 35.4 Å². The molecule has 1 aromatic carbocycles. The number of nitrogens with zero attached hydrogens (tertiary/aromatic N) is 6. The average Bonchev–Trinajstić information content (AvgIpc) is 3.54. The van der Waals surface area contributed by atoms with Crippen molar-refractivity contribution in [3.8, 4) is 11.3 Å². The maximum absolute atomic E-state index is 12.5. The molecule has 0 radical (unpaired) electrons. The van der Waals surface area contributed by atoms with Crippen LogP contribution in [0.1, 0.15) is 32.1 Å². The Hall–Kier alpha value is -4.47. The Morgan fingerprint density at radius 2 is 1.89 bits per heavy atom. The first-order chi connectivity index (χ1) is 16.8. The lowest BCUT2D eigenvalue weighted by Gasteiger charge is -2.12. The van der Waals surface area contributed by atoms with Crippen LogP contribution in [0.5, 0.6) is 0 Å². The monoisotopic (exact) mass is 470 g/mol. The maximum Gasteiger partial charge on any atom is 0.230 e. The molecule has 35 heavy (non-hydrogen) atoms. The van der Waals surface area contributed by atoms with E-state index in [1.54, 1.807) is 33.9 Å². The van der Waals surface area contributed by atoms with Gasteiger partial charge >= 0.3 is 0 Å². The van der Waals surface area contributed by atoms with Crippen LogP contribution < -0.4 is 10.6 Å². The molecule has 1 amide bonds. The fourth-order valence-corrected chi connectivity index (χ4v) is 3.68. The molecule has 0 aliphatic heterocycles. The number of carbonyl (C=O) groups is 1. The Bertz CT molecular complexity index is 1490. The van der Waals surface area contributed by atoms with Crippen LogP contribution in [0.4, 0.5) is 17.2 Å². The molecule has 0 saturated carbocycles. The highest BCUT2D eigenvalue weighted by Gasteiger charge is 2.20. The summed E-state index contributed by atoms with van der Waals surface area (Å²) in [5, 5.41) is 18.7. The van der Waals surface area contributed by atoms with E-state index in [1.165, 1.54) is 0 Å². The SMILES string of the molecule is Cn1cc(Nc2ccnn3c(-c4ccc(CC(=O)Nc5cc(C(C)(C)C)on5)cc4)cnc23)cn1. The van der Waals surface area contributed by atoms with Gasteiger partial charge in [0.25, 0.3) is 0 Å². The van der Waals surface area contributed by atoms with Gasteiger partial charge in [-0.2, -0.15) is 10.2 Å². The summed E-state index contributed by atoms with van der Waals surface area (Å²) in [6.45, 7) is 6.08. The predicted octanol–water partition coefficient (Wildman–Crippen LogP) is 4.34. The first-order valence-corrected chi connectivity index (χ1v) is 11.2. The van der Waals surface area contributed by atoms with Crippen molar-refractivity contribution in [2.75, 3.05) is 10.6 Å². The van der Waals surface area contributed by atoms with Crippen molar-refractivity contribution >= 4 is 28.7 Å². The molecule has 10 nitrogen and oxygen atoms in total. The maximum atomic E-state index is 12.5. The molecule has 5 rings (SSSR count). The average molecular weight is 471 g/mol. The first-order valence-electron chi connectivity index (χ1n) is 11.2. The van der Waals surface area contributed by atoms with Crippen molar-refractivity contribution in [3.63, 3.8) is 0 Å². The lowest BCUT2D eigenvalue weighted by atomic mass is 9.93. The topological polar surface area (TPSA) is 115 Å². The van der Waals surface area contributed by atoms with Crippen molar-refractivity contribution in [1.82, 2.24) is 29.5 Å². The number of anilines is 3. The molecule has 5 aromatic rings. The Balaban J connectivity index is 1.29. The quantitative estimate of drug-likeness (QED) is 0.379. The second-order valence-corrected chi connectivity index (χ2v) is 9.40. The van der Waals surface area contributed by atoms with E-state index < -0.39 is 0 Å². The molecule has 0 fully saturated rings. The zero-order valence-electron chi connectivity index (χ0n) is 20.0. The summed E-state index contributed by atoms with van der Waals surface area (Å²) in [5.74, 6) is 0.982. The summed E-state index contributed by atoms with van der Waals surface area (Å²) in [4.78, 5) is 17.1. The molecule has 0 saturated heterocycles. The lowest BCUT2D eigenvalue weighted by molar-refractivity contribution is -0.115. The predicted molar refractivity (Wildman–Crippen MR) is 132 cm³/mol. The zero-order chi connectivity index (χ0) is 24.6. The van der Waals surface area contributed by atoms with E-state index in [2.05, 4.69) is 31.0 Å². The summed E-state index contributed by atoms with van der Waals surface area (Å²) in [5.41, 5.74) is 4.91. The number of imidazole rings is 1. The summed E-state index contributed by atoms with van der Waals surface area (Å²) < 4.78 is 8.85. The van der Waals surface area contributed by atoms with Gasteiger partial charge in [-0.05, 0) is 11.6 Å². The van der Waals surface area contributed by atoms with Gasteiger partial charge in [-0.15, -0.1) is 0 Å². The summed E-state index contributed by atoms with van der Waals surface area (Å²) in [6.07, 6.45) is 7.38. The molecule has 4 aromatic heterocycles. The van der Waals surface area contributed by atoms with Crippen LogP contribution in [0.2, 0.25) is 0 Å². The minimum absolute atomic E-state index is 0.158. The van der Waals surface area contributed by atoms with Gasteiger partial charge in [0.05, 0.1) is 42.1 Å². The molecular weight excluding hydrogens is 444 g/mol. The Labute approximate surface area is 202 Å². The van der Waals surface area contributed by atoms with E-state index >= 15 is 0 Å². The number of aryl methyl sites for hydroxylation is 1. The van der Waals surface area contributed by atoms with Gasteiger partial charge < -0.3 is 15.2 Å². The molecule has 178 valence electrons. The molecular formula is C25H26N8O2. The third kappa shape index (κ3) is 4.77. The van der Waals surface area contributed by atoms with Crippen molar-refractivity contribution < 1.29 is 9.32 Å². The lowest BCUT2D eigenvalue weighted by Crippen LogP contribution is -2.14. The summed E-state index contributed by atoms with van der Waals surface area (Å²) >= 11 is 0. The first kappa shape index (κ1) is 22.3. The minimum atomic E-state index is -0.173. The Morgan fingerprint density at radius 3 is 2.57 bits per heavy atom. The Kier molecular flexibility index (Phi) is 5.56. The van der Waals surface area contributed by atoms with Gasteiger partial charge in [-0.3, -0.25) is 9.48 Å². The number of benzene rings is 1. The number of hydrogen-bond donors (Lipinski definition) is 2. The highest BCUT2D eigenvalue weighted by Crippen LogP contribution is 2.26. The third-order valence-electron chi connectivity index (χ3n) is 5.52. The van der Waals surface area contributed by atoms with E-state index in [0.29, 0.717) is 11.5 Å². The van der Waals surface area contributed by atoms with Crippen molar-refractivity contribution in [3.05, 3.63) is 72.5 Å². The molecule has 4 heterocycles. The fourth-order valence-electron chi connectivity index (χ4n) is 3.68. The van der Waals surface area contributed by atoms with Gasteiger partial charge in [-0.1, -0.05) is 50.2 Å². The normalized spacial score (nSPS) is 11.7. The van der Waals surface area contributed by atoms with Crippen LogP contribution in [0.3, 0.4) is 0 Å². The number of carbonyl (C=O) groups excluding carboxylic acids is 1. The van der Waals surface area contributed by atoms with E-state index in [4.69, 9.17) is 4.52 Å². The van der Waals surface area contributed by atoms with E-state index in [0.717, 1.165) is 34.0 Å². The van der Waals surface area contributed by atoms with Crippen LogP contribution in [0.25, 0.3) is 16.9 Å². The van der Waals surface area contributed by atoms with Gasteiger partial charge in [0, 0.05) is 30.3 Å². The molecule has 0 aliphatic carbocycles. The standard InChI is InChI=1S/C25H26N8O2/c1-25(2,3)21-12-22(31-35-21)30-23(34)11-16-5-7-17(8-6-16)20-14-26-24-19(9-10-27-33(20)24)29-18-13-28-32(4)15-18/h5-10,12-15,29H,11H2,1-4H3,(H,30,31,34). The Morgan fingerprint density at radius 1 is 1.09 bits per heavy atom. The number of nitrogens with one attached hydrogen (secondary N) is 2. The number of amides is 1. The fraction of sp³-hybridized carbons (Fsp3) is 0.240. The van der Waals surface area contributed by atoms with Crippen molar-refractivity contribution in [2.24, 2.45) is 7.05 Å². The van der Waals surface area contributed by atoms with Gasteiger partial charge in [0.15, 0.2) is 11.5 Å². The van der Waals surface area contributed by atoms with Crippen LogP contribution >= 0.6 is 0 Å². The van der Waals surface area contributed by atoms with Gasteiger partial charge in [-0.25, -0.2) is 9.50 Å². The van der Waals surface area contributed by atoms with Gasteiger partial charge in [0.2, 0.25) is 5.91 Å². The molecule has 0 unspecified atom stereocenters. The van der Waals surface area contributed by atoms with E-state index in [9.17, 15) is 4.79 Å². The highest BCUT2D eigenvalue weighted by molar-refractivity contribution is 5.91. The molecule has 0 bridgehead atoms. The smallest absolute Gasteiger partial charge is 0.230 e. The minimum Gasteiger partial charge on any atom is -0.359 e. The highest BCUT2D eigenvalue weighted by atomic mass is 16.5. The summed E-state index contributed by atoms with van der Waals surface area (Å²) in [6, 6.07) is 11.4. The van der Waals surface area contributed by atoms with Crippen molar-refractivity contribution in [2.45, 2.75) is 32.6 Å². The second-order valence-electron chi connectivity index (χ2n) is 9.40. The number of fused-ring (bicyclic) bond motifs is 1. The van der Waals surface area contributed by atoms with Crippen LogP contribution in [-0.2, 0) is 23.7 Å². The number of rotatable bonds is 6. The van der Waals surface area contributed by atoms with Crippen LogP contribution in [0.15, 0.2) is 65.7 Å². The number of hydrogen-bond acceptors (Lipinski definition) is 7.